The van der Waals surface area contributed by atoms with Crippen LogP contribution >= 0.6 is 15.9 Å². The van der Waals surface area contributed by atoms with Crippen LogP contribution in [0.1, 0.15) is 33.6 Å². The van der Waals surface area contributed by atoms with Crippen molar-refractivity contribution in [2.45, 2.75) is 33.6 Å². The van der Waals surface area contributed by atoms with Gasteiger partial charge in [-0.05, 0) is 24.2 Å². The number of ether oxygens (including phenoxy) is 2. The summed E-state index contributed by atoms with van der Waals surface area (Å²) >= 11 is 3.59. The van der Waals surface area contributed by atoms with E-state index in [9.17, 15) is 0 Å². The molecule has 15 heavy (non-hydrogen) atoms. The zero-order valence-corrected chi connectivity index (χ0v) is 12.1. The first-order chi connectivity index (χ1) is 7.06. The molecular weight excluding hydrogens is 256 g/mol. The summed E-state index contributed by atoms with van der Waals surface area (Å²) in [5.74, 6) is 0.680. The minimum atomic E-state index is 0.348. The Labute approximate surface area is 103 Å². The molecule has 1 unspecified atom stereocenters. The van der Waals surface area contributed by atoms with Gasteiger partial charge in [0, 0.05) is 32.3 Å². The molecule has 0 aromatic heterocycles. The molecule has 0 saturated heterocycles. The number of alkyl halides is 1. The fraction of sp³-hybridized carbons (Fsp3) is 1.00. The van der Waals surface area contributed by atoms with Crippen LogP contribution in [0.15, 0.2) is 0 Å². The third kappa shape index (κ3) is 6.54. The smallest absolute Gasteiger partial charge is 0.0487 e. The Morgan fingerprint density at radius 3 is 2.33 bits per heavy atom. The molecule has 0 bridgehead atoms. The van der Waals surface area contributed by atoms with Crippen molar-refractivity contribution in [3.63, 3.8) is 0 Å². The molecule has 0 heterocycles. The highest BCUT2D eigenvalue weighted by atomic mass is 79.9. The summed E-state index contributed by atoms with van der Waals surface area (Å²) in [7, 11) is 1.72. The molecule has 0 saturated carbocycles. The summed E-state index contributed by atoms with van der Waals surface area (Å²) in [5, 5.41) is 1.04. The number of methoxy groups -OCH3 is 1. The molecule has 0 aromatic carbocycles. The van der Waals surface area contributed by atoms with Gasteiger partial charge < -0.3 is 9.47 Å². The van der Waals surface area contributed by atoms with Gasteiger partial charge >= 0.3 is 0 Å². The molecule has 0 rings (SSSR count). The lowest BCUT2D eigenvalue weighted by Gasteiger charge is -2.31. The first-order valence-electron chi connectivity index (χ1n) is 5.69. The molecule has 0 amide bonds. The molecule has 0 aliphatic rings. The summed E-state index contributed by atoms with van der Waals surface area (Å²) in [4.78, 5) is 0. The van der Waals surface area contributed by atoms with E-state index in [2.05, 4.69) is 36.7 Å². The number of hydrogen-bond acceptors (Lipinski definition) is 2. The summed E-state index contributed by atoms with van der Waals surface area (Å²) in [6.45, 7) is 9.30. The zero-order chi connectivity index (χ0) is 11.7. The van der Waals surface area contributed by atoms with Crippen molar-refractivity contribution in [2.75, 3.05) is 32.3 Å². The van der Waals surface area contributed by atoms with E-state index >= 15 is 0 Å². The van der Waals surface area contributed by atoms with E-state index in [4.69, 9.17) is 9.47 Å². The maximum Gasteiger partial charge on any atom is 0.0487 e. The van der Waals surface area contributed by atoms with Gasteiger partial charge in [0.25, 0.3) is 0 Å². The molecule has 2 nitrogen and oxygen atoms in total. The third-order valence-electron chi connectivity index (χ3n) is 3.15. The van der Waals surface area contributed by atoms with Crippen LogP contribution in [0, 0.1) is 11.3 Å². The van der Waals surface area contributed by atoms with Gasteiger partial charge in [0.2, 0.25) is 0 Å². The second-order valence-corrected chi connectivity index (χ2v) is 5.21. The highest BCUT2D eigenvalue weighted by Gasteiger charge is 2.26. The first-order valence-corrected chi connectivity index (χ1v) is 6.81. The molecule has 0 aliphatic carbocycles. The summed E-state index contributed by atoms with van der Waals surface area (Å²) in [6.07, 6.45) is 2.10. The number of hydrogen-bond donors (Lipinski definition) is 0. The molecule has 3 heteroatoms. The van der Waals surface area contributed by atoms with Crippen LogP contribution in [0.2, 0.25) is 0 Å². The largest absolute Gasteiger partial charge is 0.385 e. The molecular formula is C12H25BrO2. The average molecular weight is 281 g/mol. The van der Waals surface area contributed by atoms with Crippen LogP contribution in [0.5, 0.6) is 0 Å². The van der Waals surface area contributed by atoms with E-state index in [-0.39, 0.29) is 0 Å². The lowest BCUT2D eigenvalue weighted by Crippen LogP contribution is -2.27. The minimum absolute atomic E-state index is 0.348. The maximum absolute atomic E-state index is 5.58. The SMILES string of the molecule is COCCCOCCC(C)(CBr)C(C)C. The van der Waals surface area contributed by atoms with E-state index in [1.807, 2.05) is 0 Å². The highest BCUT2D eigenvalue weighted by Crippen LogP contribution is 2.32. The molecule has 92 valence electrons. The predicted octanol–water partition coefficient (Wildman–Crippen LogP) is 3.49. The van der Waals surface area contributed by atoms with Crippen molar-refractivity contribution >= 4 is 15.9 Å². The van der Waals surface area contributed by atoms with Crippen molar-refractivity contribution in [2.24, 2.45) is 11.3 Å². The van der Waals surface area contributed by atoms with Crippen molar-refractivity contribution < 1.29 is 9.47 Å². The molecule has 0 fully saturated rings. The van der Waals surface area contributed by atoms with Gasteiger partial charge in [0.1, 0.15) is 0 Å². The van der Waals surface area contributed by atoms with Crippen LogP contribution in [0.25, 0.3) is 0 Å². The Morgan fingerprint density at radius 2 is 1.87 bits per heavy atom. The average Bonchev–Trinajstić information content (AvgIpc) is 2.22. The van der Waals surface area contributed by atoms with Gasteiger partial charge in [-0.3, -0.25) is 0 Å². The molecule has 0 aliphatic heterocycles. The normalized spacial score (nSPS) is 15.6. The Balaban J connectivity index is 3.55. The van der Waals surface area contributed by atoms with E-state index in [1.165, 1.54) is 0 Å². The summed E-state index contributed by atoms with van der Waals surface area (Å²) in [6, 6.07) is 0. The Hall–Kier alpha value is 0.400. The van der Waals surface area contributed by atoms with Crippen LogP contribution in [0.3, 0.4) is 0 Å². The Kier molecular flexibility index (Phi) is 8.77. The van der Waals surface area contributed by atoms with Gasteiger partial charge in [0.15, 0.2) is 0 Å². The molecule has 1 atom stereocenters. The molecule has 0 radical (unpaired) electrons. The quantitative estimate of drug-likeness (QED) is 0.476. The first kappa shape index (κ1) is 15.4. The highest BCUT2D eigenvalue weighted by molar-refractivity contribution is 9.09. The lowest BCUT2D eigenvalue weighted by atomic mass is 9.78. The third-order valence-corrected chi connectivity index (χ3v) is 4.43. The van der Waals surface area contributed by atoms with Crippen LogP contribution in [-0.4, -0.2) is 32.3 Å². The second-order valence-electron chi connectivity index (χ2n) is 4.65. The van der Waals surface area contributed by atoms with Gasteiger partial charge in [-0.2, -0.15) is 0 Å². The van der Waals surface area contributed by atoms with Crippen LogP contribution in [0.4, 0.5) is 0 Å². The van der Waals surface area contributed by atoms with Crippen molar-refractivity contribution in [3.05, 3.63) is 0 Å². The topological polar surface area (TPSA) is 18.5 Å². The Bertz CT molecular complexity index is 151. The van der Waals surface area contributed by atoms with E-state index in [0.29, 0.717) is 11.3 Å². The van der Waals surface area contributed by atoms with Crippen molar-refractivity contribution in [1.29, 1.82) is 0 Å². The fourth-order valence-electron chi connectivity index (χ4n) is 1.22. The van der Waals surface area contributed by atoms with E-state index in [0.717, 1.165) is 38.0 Å². The number of rotatable bonds is 9. The Morgan fingerprint density at radius 1 is 1.20 bits per heavy atom. The van der Waals surface area contributed by atoms with Gasteiger partial charge in [-0.1, -0.05) is 36.7 Å². The monoisotopic (exact) mass is 280 g/mol. The maximum atomic E-state index is 5.58. The van der Waals surface area contributed by atoms with E-state index < -0.39 is 0 Å². The lowest BCUT2D eigenvalue weighted by molar-refractivity contribution is 0.0740. The van der Waals surface area contributed by atoms with Gasteiger partial charge in [-0.25, -0.2) is 0 Å². The summed E-state index contributed by atoms with van der Waals surface area (Å²) < 4.78 is 10.5. The minimum Gasteiger partial charge on any atom is -0.385 e. The van der Waals surface area contributed by atoms with E-state index in [1.54, 1.807) is 7.11 Å². The second kappa shape index (κ2) is 8.54. The molecule has 0 aromatic rings. The predicted molar refractivity (Wildman–Crippen MR) is 68.7 cm³/mol. The van der Waals surface area contributed by atoms with Gasteiger partial charge in [-0.15, -0.1) is 0 Å². The molecule has 0 N–H and O–H groups in total. The van der Waals surface area contributed by atoms with Crippen molar-refractivity contribution in [1.82, 2.24) is 0 Å². The fourth-order valence-corrected chi connectivity index (χ4v) is 2.15. The number of halogens is 1. The van der Waals surface area contributed by atoms with Crippen molar-refractivity contribution in [3.8, 4) is 0 Å². The van der Waals surface area contributed by atoms with Gasteiger partial charge in [0.05, 0.1) is 0 Å². The zero-order valence-electron chi connectivity index (χ0n) is 10.5. The summed E-state index contributed by atoms with van der Waals surface area (Å²) in [5.41, 5.74) is 0.348. The molecule has 0 spiro atoms. The van der Waals surface area contributed by atoms with Crippen LogP contribution < -0.4 is 0 Å². The standard InChI is InChI=1S/C12H25BrO2/c1-11(2)12(3,10-13)6-9-15-8-5-7-14-4/h11H,5-10H2,1-4H3. The van der Waals surface area contributed by atoms with Crippen LogP contribution in [-0.2, 0) is 9.47 Å².